The standard InChI is InChI=1S/C21H15ClN4/c22-17-13-7-8-14-18(17)25-26-21-23-19(15-9-3-1-4-10-15)20(24-21)16-11-5-2-6-12-16/h1-14H,(H,23,24). The van der Waals surface area contributed by atoms with Crippen LogP contribution in [-0.2, 0) is 0 Å². The van der Waals surface area contributed by atoms with Crippen molar-refractivity contribution < 1.29 is 0 Å². The molecule has 0 bridgehead atoms. The van der Waals surface area contributed by atoms with Crippen molar-refractivity contribution in [3.63, 3.8) is 0 Å². The van der Waals surface area contributed by atoms with E-state index in [1.807, 2.05) is 78.9 Å². The average Bonchev–Trinajstić information content (AvgIpc) is 3.13. The van der Waals surface area contributed by atoms with Crippen molar-refractivity contribution in [2.75, 3.05) is 0 Å². The van der Waals surface area contributed by atoms with Gasteiger partial charge in [0.2, 0.25) is 5.95 Å². The quantitative estimate of drug-likeness (QED) is 0.400. The SMILES string of the molecule is Clc1ccccc1N=Nc1nc(-c2ccccc2)c(-c2ccccc2)[nH]1. The molecule has 0 saturated heterocycles. The second kappa shape index (κ2) is 7.33. The summed E-state index contributed by atoms with van der Waals surface area (Å²) in [6.07, 6.45) is 0. The molecule has 1 heterocycles. The number of azo groups is 1. The predicted molar refractivity (Wildman–Crippen MR) is 105 cm³/mol. The topological polar surface area (TPSA) is 53.4 Å². The van der Waals surface area contributed by atoms with Crippen LogP contribution in [0.2, 0.25) is 5.02 Å². The van der Waals surface area contributed by atoms with Gasteiger partial charge in [-0.2, -0.15) is 0 Å². The minimum atomic E-state index is 0.433. The van der Waals surface area contributed by atoms with Crippen LogP contribution in [0.5, 0.6) is 0 Å². The molecule has 0 radical (unpaired) electrons. The first-order valence-electron chi connectivity index (χ1n) is 8.18. The monoisotopic (exact) mass is 358 g/mol. The number of hydrogen-bond donors (Lipinski definition) is 1. The minimum absolute atomic E-state index is 0.433. The van der Waals surface area contributed by atoms with Crippen molar-refractivity contribution in [1.82, 2.24) is 9.97 Å². The van der Waals surface area contributed by atoms with Gasteiger partial charge in [-0.05, 0) is 12.1 Å². The first-order chi connectivity index (χ1) is 12.8. The lowest BCUT2D eigenvalue weighted by Crippen LogP contribution is -1.82. The van der Waals surface area contributed by atoms with E-state index in [0.29, 0.717) is 16.7 Å². The fourth-order valence-electron chi connectivity index (χ4n) is 2.66. The number of nitrogens with one attached hydrogen (secondary N) is 1. The minimum Gasteiger partial charge on any atom is -0.320 e. The highest BCUT2D eigenvalue weighted by Gasteiger charge is 2.13. The van der Waals surface area contributed by atoms with Crippen LogP contribution in [0.1, 0.15) is 0 Å². The Hall–Kier alpha value is -3.24. The predicted octanol–water partition coefficient (Wildman–Crippen LogP) is 6.81. The van der Waals surface area contributed by atoms with Gasteiger partial charge in [0.05, 0.1) is 16.4 Å². The number of H-pyrrole nitrogens is 1. The Kier molecular flexibility index (Phi) is 4.58. The Balaban J connectivity index is 1.78. The number of benzene rings is 3. The van der Waals surface area contributed by atoms with E-state index in [2.05, 4.69) is 20.2 Å². The number of hydrogen-bond acceptors (Lipinski definition) is 3. The molecular weight excluding hydrogens is 344 g/mol. The number of aromatic nitrogens is 2. The van der Waals surface area contributed by atoms with E-state index in [1.165, 1.54) is 0 Å². The van der Waals surface area contributed by atoms with Gasteiger partial charge in [0.15, 0.2) is 0 Å². The fraction of sp³-hybridized carbons (Fsp3) is 0. The third-order valence-corrected chi connectivity index (χ3v) is 4.23. The molecule has 0 atom stereocenters. The molecule has 0 aliphatic carbocycles. The molecule has 1 N–H and O–H groups in total. The van der Waals surface area contributed by atoms with Crippen molar-refractivity contribution in [3.05, 3.63) is 90.0 Å². The highest BCUT2D eigenvalue weighted by Crippen LogP contribution is 2.33. The van der Waals surface area contributed by atoms with Gasteiger partial charge in [0.1, 0.15) is 5.69 Å². The Labute approximate surface area is 156 Å². The zero-order valence-corrected chi connectivity index (χ0v) is 14.6. The Morgan fingerprint density at radius 2 is 1.31 bits per heavy atom. The van der Waals surface area contributed by atoms with Crippen LogP contribution < -0.4 is 0 Å². The van der Waals surface area contributed by atoms with E-state index < -0.39 is 0 Å². The normalized spacial score (nSPS) is 11.1. The summed E-state index contributed by atoms with van der Waals surface area (Å²) in [6.45, 7) is 0. The van der Waals surface area contributed by atoms with Crippen LogP contribution in [0.15, 0.2) is 95.2 Å². The fourth-order valence-corrected chi connectivity index (χ4v) is 2.83. The van der Waals surface area contributed by atoms with Gasteiger partial charge in [-0.25, -0.2) is 4.98 Å². The Morgan fingerprint density at radius 1 is 0.692 bits per heavy atom. The number of halogens is 1. The second-order valence-electron chi connectivity index (χ2n) is 5.67. The first kappa shape index (κ1) is 16.2. The van der Waals surface area contributed by atoms with Gasteiger partial charge in [0, 0.05) is 11.1 Å². The number of nitrogens with zero attached hydrogens (tertiary/aromatic N) is 3. The third kappa shape index (κ3) is 3.41. The van der Waals surface area contributed by atoms with Gasteiger partial charge in [-0.3, -0.25) is 0 Å². The molecule has 0 unspecified atom stereocenters. The van der Waals surface area contributed by atoms with Crippen LogP contribution in [0, 0.1) is 0 Å². The van der Waals surface area contributed by atoms with Crippen LogP contribution in [-0.4, -0.2) is 9.97 Å². The summed E-state index contributed by atoms with van der Waals surface area (Å²) in [4.78, 5) is 7.91. The summed E-state index contributed by atoms with van der Waals surface area (Å²) in [7, 11) is 0. The number of rotatable bonds is 4. The van der Waals surface area contributed by atoms with Crippen LogP contribution in [0.4, 0.5) is 11.6 Å². The second-order valence-corrected chi connectivity index (χ2v) is 6.07. The average molecular weight is 359 g/mol. The van der Waals surface area contributed by atoms with Crippen LogP contribution in [0.25, 0.3) is 22.5 Å². The van der Waals surface area contributed by atoms with Crippen molar-refractivity contribution in [2.45, 2.75) is 0 Å². The molecule has 1 aromatic heterocycles. The maximum atomic E-state index is 6.13. The van der Waals surface area contributed by atoms with Crippen molar-refractivity contribution in [1.29, 1.82) is 0 Å². The number of aromatic amines is 1. The summed E-state index contributed by atoms with van der Waals surface area (Å²) in [5.41, 5.74) is 4.41. The lowest BCUT2D eigenvalue weighted by Gasteiger charge is -2.02. The van der Waals surface area contributed by atoms with Crippen molar-refractivity contribution >= 4 is 23.2 Å². The first-order valence-corrected chi connectivity index (χ1v) is 8.56. The molecule has 5 heteroatoms. The third-order valence-electron chi connectivity index (χ3n) is 3.91. The summed E-state index contributed by atoms with van der Waals surface area (Å²) >= 11 is 6.13. The summed E-state index contributed by atoms with van der Waals surface area (Å²) < 4.78 is 0. The van der Waals surface area contributed by atoms with E-state index >= 15 is 0 Å². The van der Waals surface area contributed by atoms with E-state index in [1.54, 1.807) is 6.07 Å². The molecule has 0 aliphatic heterocycles. The molecule has 26 heavy (non-hydrogen) atoms. The molecule has 4 nitrogen and oxygen atoms in total. The molecule has 0 fully saturated rings. The van der Waals surface area contributed by atoms with E-state index in [-0.39, 0.29) is 0 Å². The maximum Gasteiger partial charge on any atom is 0.247 e. The number of imidazole rings is 1. The van der Waals surface area contributed by atoms with Crippen molar-refractivity contribution in [3.8, 4) is 22.5 Å². The highest BCUT2D eigenvalue weighted by atomic mass is 35.5. The molecular formula is C21H15ClN4. The zero-order chi connectivity index (χ0) is 17.8. The summed E-state index contributed by atoms with van der Waals surface area (Å²) in [5, 5.41) is 9.01. The Bertz CT molecular complexity index is 983. The van der Waals surface area contributed by atoms with E-state index in [4.69, 9.17) is 11.6 Å². The maximum absolute atomic E-state index is 6.13. The van der Waals surface area contributed by atoms with Gasteiger partial charge in [0.25, 0.3) is 0 Å². The van der Waals surface area contributed by atoms with Gasteiger partial charge in [-0.1, -0.05) is 84.4 Å². The summed E-state index contributed by atoms with van der Waals surface area (Å²) in [6, 6.07) is 27.4. The van der Waals surface area contributed by atoms with E-state index in [0.717, 1.165) is 22.5 Å². The van der Waals surface area contributed by atoms with Crippen LogP contribution in [0.3, 0.4) is 0 Å². The molecule has 0 amide bonds. The van der Waals surface area contributed by atoms with Crippen LogP contribution >= 0.6 is 11.6 Å². The van der Waals surface area contributed by atoms with Crippen molar-refractivity contribution in [2.24, 2.45) is 10.2 Å². The van der Waals surface area contributed by atoms with Gasteiger partial charge in [-0.15, -0.1) is 10.2 Å². The largest absolute Gasteiger partial charge is 0.320 e. The Morgan fingerprint density at radius 3 is 2.00 bits per heavy atom. The molecule has 0 saturated carbocycles. The summed E-state index contributed by atoms with van der Waals surface area (Å²) in [5.74, 6) is 0.433. The molecule has 4 aromatic rings. The van der Waals surface area contributed by atoms with E-state index in [9.17, 15) is 0 Å². The van der Waals surface area contributed by atoms with Gasteiger partial charge >= 0.3 is 0 Å². The molecule has 0 aliphatic rings. The van der Waals surface area contributed by atoms with Gasteiger partial charge < -0.3 is 4.98 Å². The molecule has 0 spiro atoms. The molecule has 3 aromatic carbocycles. The smallest absolute Gasteiger partial charge is 0.247 e. The lowest BCUT2D eigenvalue weighted by atomic mass is 10.1. The lowest BCUT2D eigenvalue weighted by molar-refractivity contribution is 1.13. The molecule has 126 valence electrons. The zero-order valence-electron chi connectivity index (χ0n) is 13.8. The molecule has 4 rings (SSSR count). The highest BCUT2D eigenvalue weighted by molar-refractivity contribution is 6.32.